The van der Waals surface area contributed by atoms with Crippen molar-refractivity contribution in [2.75, 3.05) is 0 Å². The predicted molar refractivity (Wildman–Crippen MR) is 12.0 cm³/mol. The van der Waals surface area contributed by atoms with Crippen LogP contribution in [0.25, 0.3) is 0 Å². The van der Waals surface area contributed by atoms with Gasteiger partial charge in [-0.05, 0) is 0 Å². The molecule has 0 fully saturated rings. The molecule has 0 atom stereocenters. The Kier molecular flexibility index (Phi) is 2.85. The molecule has 0 bridgehead atoms. The summed E-state index contributed by atoms with van der Waals surface area (Å²) < 4.78 is 10.2. The Bertz CT molecular complexity index is 8.00. The summed E-state index contributed by atoms with van der Waals surface area (Å²) in [5.74, 6) is 0. The number of halogens is 1. The number of rotatable bonds is 1. The molecule has 24 valence electrons. The Labute approximate surface area is 23.4 Å². The van der Waals surface area contributed by atoms with Gasteiger partial charge in [-0.15, -0.1) is 0 Å². The standard InChI is InChI=1S/BFH2O2/c2-1-4-3/h1,3H. The van der Waals surface area contributed by atoms with Crippen LogP contribution < -0.4 is 0 Å². The lowest BCUT2D eigenvalue weighted by Gasteiger charge is -1.67. The fourth-order valence-corrected chi connectivity index (χ4v) is 0. The minimum atomic E-state index is -1.12. The van der Waals surface area contributed by atoms with Crippen LogP contribution in [0.3, 0.4) is 0 Å². The van der Waals surface area contributed by atoms with E-state index in [-0.39, 0.29) is 0 Å². The third kappa shape index (κ3) is 1.91. The van der Waals surface area contributed by atoms with E-state index in [1.165, 1.54) is 0 Å². The average molecular weight is 63.8 g/mol. The molecule has 4 heteroatoms. The van der Waals surface area contributed by atoms with Gasteiger partial charge in [-0.2, -0.15) is 0 Å². The summed E-state index contributed by atoms with van der Waals surface area (Å²) in [4.78, 5) is 2.88. The molecule has 0 heterocycles. The Balaban J connectivity index is 1.97. The highest BCUT2D eigenvalue weighted by molar-refractivity contribution is 6.16. The second kappa shape index (κ2) is 2.91. The van der Waals surface area contributed by atoms with Crippen molar-refractivity contribution in [3.8, 4) is 0 Å². The van der Waals surface area contributed by atoms with Crippen molar-refractivity contribution in [2.45, 2.75) is 0 Å². The van der Waals surface area contributed by atoms with Crippen LogP contribution in [0.15, 0.2) is 0 Å². The summed E-state index contributed by atoms with van der Waals surface area (Å²) in [5, 5.41) is 7.00. The molecule has 0 unspecified atom stereocenters. The molecule has 0 rings (SSSR count). The van der Waals surface area contributed by atoms with Gasteiger partial charge >= 0.3 is 7.76 Å². The minimum Gasteiger partial charge on any atom is -0.294 e. The van der Waals surface area contributed by atoms with Crippen LogP contribution in [-0.2, 0) is 4.81 Å². The summed E-state index contributed by atoms with van der Waals surface area (Å²) in [5.41, 5.74) is 0. The monoisotopic (exact) mass is 64.0 g/mol. The summed E-state index contributed by atoms with van der Waals surface area (Å²) in [6, 6.07) is 0. The van der Waals surface area contributed by atoms with Gasteiger partial charge < -0.3 is 0 Å². The van der Waals surface area contributed by atoms with Crippen LogP contribution in [0.1, 0.15) is 0 Å². The van der Waals surface area contributed by atoms with Gasteiger partial charge in [0.2, 0.25) is 0 Å². The molecular formula is H2BFO2. The van der Waals surface area contributed by atoms with Gasteiger partial charge in [0, 0.05) is 0 Å². The molecule has 4 heavy (non-hydrogen) atoms. The van der Waals surface area contributed by atoms with Crippen LogP contribution in [0.4, 0.5) is 4.32 Å². The molecule has 0 spiro atoms. The minimum absolute atomic E-state index is 1.12. The molecule has 0 aliphatic heterocycles. The topological polar surface area (TPSA) is 29.5 Å². The molecule has 0 saturated heterocycles. The van der Waals surface area contributed by atoms with E-state index in [0.717, 1.165) is 0 Å². The van der Waals surface area contributed by atoms with Crippen LogP contribution >= 0.6 is 0 Å². The van der Waals surface area contributed by atoms with Crippen molar-refractivity contribution in [2.24, 2.45) is 0 Å². The lowest BCUT2D eigenvalue weighted by molar-refractivity contribution is -0.144. The van der Waals surface area contributed by atoms with Crippen molar-refractivity contribution in [3.05, 3.63) is 0 Å². The van der Waals surface area contributed by atoms with Gasteiger partial charge in [0.05, 0.1) is 0 Å². The molecule has 0 amide bonds. The molecule has 2 nitrogen and oxygen atoms in total. The van der Waals surface area contributed by atoms with E-state index in [2.05, 4.69) is 4.81 Å². The van der Waals surface area contributed by atoms with Gasteiger partial charge in [0.25, 0.3) is 0 Å². The van der Waals surface area contributed by atoms with E-state index < -0.39 is 7.76 Å². The number of hydrogen-bond acceptors (Lipinski definition) is 2. The quantitative estimate of drug-likeness (QED) is 0.258. The third-order valence-electron chi connectivity index (χ3n) is 0.0488. The largest absolute Gasteiger partial charge is 0.513 e. The van der Waals surface area contributed by atoms with E-state index in [4.69, 9.17) is 5.26 Å². The van der Waals surface area contributed by atoms with E-state index in [1.54, 1.807) is 0 Å². The first kappa shape index (κ1) is 3.91. The number of hydrogen-bond donors (Lipinski definition) is 1. The van der Waals surface area contributed by atoms with Gasteiger partial charge in [0.1, 0.15) is 0 Å². The maximum atomic E-state index is 10.2. The second-order valence-electron chi connectivity index (χ2n) is 0.238. The Hall–Kier alpha value is -0.0851. The van der Waals surface area contributed by atoms with Gasteiger partial charge in [-0.25, -0.2) is 0 Å². The first-order chi connectivity index (χ1) is 1.91. The molecule has 0 saturated carbocycles. The Morgan fingerprint density at radius 2 is 2.25 bits per heavy atom. The van der Waals surface area contributed by atoms with Crippen LogP contribution in [-0.4, -0.2) is 13.0 Å². The highest BCUT2D eigenvalue weighted by Crippen LogP contribution is 1.51. The fourth-order valence-electron chi connectivity index (χ4n) is 0. The summed E-state index contributed by atoms with van der Waals surface area (Å²) in [6.07, 6.45) is 0. The fraction of sp³-hybridized carbons (Fsp3) is 0. The van der Waals surface area contributed by atoms with Gasteiger partial charge in [-0.1, -0.05) is 0 Å². The molecule has 0 radical (unpaired) electrons. The molecule has 0 aliphatic carbocycles. The molecule has 1 N–H and O–H groups in total. The zero-order valence-electron chi connectivity index (χ0n) is 1.94. The first-order valence-electron chi connectivity index (χ1n) is 0.739. The highest BCUT2D eigenvalue weighted by atomic mass is 19.1. The molecule has 0 aromatic rings. The van der Waals surface area contributed by atoms with Crippen molar-refractivity contribution in [3.63, 3.8) is 0 Å². The van der Waals surface area contributed by atoms with Crippen molar-refractivity contribution in [1.82, 2.24) is 0 Å². The van der Waals surface area contributed by atoms with Crippen molar-refractivity contribution < 1.29 is 14.4 Å². The lowest BCUT2D eigenvalue weighted by Crippen LogP contribution is -1.79. The van der Waals surface area contributed by atoms with Crippen molar-refractivity contribution in [1.29, 1.82) is 0 Å². The van der Waals surface area contributed by atoms with E-state index in [9.17, 15) is 4.32 Å². The van der Waals surface area contributed by atoms with Gasteiger partial charge in [-0.3, -0.25) is 14.4 Å². The summed E-state index contributed by atoms with van der Waals surface area (Å²) in [6.45, 7) is 0. The van der Waals surface area contributed by atoms with E-state index in [0.29, 0.717) is 0 Å². The zero-order valence-corrected chi connectivity index (χ0v) is 1.94. The maximum Gasteiger partial charge on any atom is 0.513 e. The van der Waals surface area contributed by atoms with Crippen molar-refractivity contribution >= 4 is 7.76 Å². The first-order valence-corrected chi connectivity index (χ1v) is 0.739. The Morgan fingerprint density at radius 3 is 2.25 bits per heavy atom. The molecule has 0 aromatic heterocycles. The molecule has 0 aromatic carbocycles. The van der Waals surface area contributed by atoms with Crippen LogP contribution in [0, 0.1) is 0 Å². The SMILES string of the molecule is OOBF. The van der Waals surface area contributed by atoms with Crippen LogP contribution in [0.2, 0.25) is 0 Å². The van der Waals surface area contributed by atoms with E-state index >= 15 is 0 Å². The smallest absolute Gasteiger partial charge is 0.294 e. The summed E-state index contributed by atoms with van der Waals surface area (Å²) in [7, 11) is -1.12. The lowest BCUT2D eigenvalue weighted by atomic mass is 10.5. The molecular weight excluding hydrogens is 61.8 g/mol. The highest BCUT2D eigenvalue weighted by Gasteiger charge is 1.70. The van der Waals surface area contributed by atoms with Crippen LogP contribution in [0.5, 0.6) is 0 Å². The van der Waals surface area contributed by atoms with Gasteiger partial charge in [0.15, 0.2) is 0 Å². The zero-order chi connectivity index (χ0) is 3.41. The Morgan fingerprint density at radius 1 is 2.00 bits per heavy atom. The maximum absolute atomic E-state index is 10.2. The summed E-state index contributed by atoms with van der Waals surface area (Å²) >= 11 is 0. The molecule has 0 aliphatic rings. The van der Waals surface area contributed by atoms with E-state index in [1.807, 2.05) is 0 Å². The normalized spacial score (nSPS) is 6.50. The predicted octanol–water partition coefficient (Wildman–Crippen LogP) is -0.288. The second-order valence-corrected chi connectivity index (χ2v) is 0.238. The third-order valence-corrected chi connectivity index (χ3v) is 0.0488. The average Bonchev–Trinajstić information content (AvgIpc) is 1.37.